The molecule has 0 radical (unpaired) electrons. The zero-order valence-electron chi connectivity index (χ0n) is 12.2. The zero-order chi connectivity index (χ0) is 15.2. The Labute approximate surface area is 123 Å². The van der Waals surface area contributed by atoms with Crippen LogP contribution in [0.25, 0.3) is 5.69 Å². The van der Waals surface area contributed by atoms with Gasteiger partial charge in [0.2, 0.25) is 0 Å². The first kappa shape index (κ1) is 15.1. The third-order valence-corrected chi connectivity index (χ3v) is 2.80. The number of carbonyl (C=O) groups is 1. The van der Waals surface area contributed by atoms with E-state index in [1.165, 1.54) is 0 Å². The highest BCUT2D eigenvalue weighted by Crippen LogP contribution is 2.12. The van der Waals surface area contributed by atoms with Crippen molar-refractivity contribution in [3.63, 3.8) is 0 Å². The molecule has 0 saturated heterocycles. The molecule has 112 valence electrons. The number of aromatic nitrogens is 2. The van der Waals surface area contributed by atoms with Gasteiger partial charge in [-0.15, -0.1) is 0 Å². The van der Waals surface area contributed by atoms with Crippen LogP contribution in [0.3, 0.4) is 0 Å². The summed E-state index contributed by atoms with van der Waals surface area (Å²) in [5, 5.41) is 4.20. The van der Waals surface area contributed by atoms with Crippen molar-refractivity contribution in [1.82, 2.24) is 9.78 Å². The van der Waals surface area contributed by atoms with E-state index in [1.807, 2.05) is 19.1 Å². The van der Waals surface area contributed by atoms with Crippen molar-refractivity contribution in [2.24, 2.45) is 0 Å². The van der Waals surface area contributed by atoms with Gasteiger partial charge in [-0.2, -0.15) is 5.10 Å². The van der Waals surface area contributed by atoms with Crippen molar-refractivity contribution >= 4 is 11.7 Å². The first-order valence-corrected chi connectivity index (χ1v) is 6.80. The van der Waals surface area contributed by atoms with Gasteiger partial charge in [-0.3, -0.25) is 0 Å². The van der Waals surface area contributed by atoms with E-state index in [2.05, 4.69) is 5.10 Å². The predicted molar refractivity (Wildman–Crippen MR) is 79.3 cm³/mol. The fraction of sp³-hybridized carbons (Fsp3) is 0.333. The number of esters is 1. The van der Waals surface area contributed by atoms with Crippen LogP contribution in [0.15, 0.2) is 36.5 Å². The number of nitrogens with zero attached hydrogens (tertiary/aromatic N) is 2. The summed E-state index contributed by atoms with van der Waals surface area (Å²) in [7, 11) is 0. The highest BCUT2D eigenvalue weighted by atomic mass is 16.6. The zero-order valence-corrected chi connectivity index (χ0v) is 12.2. The van der Waals surface area contributed by atoms with Gasteiger partial charge in [-0.1, -0.05) is 6.07 Å². The summed E-state index contributed by atoms with van der Waals surface area (Å²) in [6, 6.07) is 8.86. The number of hydrogen-bond acceptors (Lipinski definition) is 5. The lowest BCUT2D eigenvalue weighted by Gasteiger charge is -2.11. The second-order valence-corrected chi connectivity index (χ2v) is 4.62. The van der Waals surface area contributed by atoms with E-state index in [9.17, 15) is 4.79 Å². The molecule has 2 rings (SSSR count). The molecule has 6 nitrogen and oxygen atoms in total. The Hall–Kier alpha value is -2.34. The largest absolute Gasteiger partial charge is 0.455 e. The van der Waals surface area contributed by atoms with Crippen molar-refractivity contribution < 1.29 is 14.3 Å². The molecule has 0 bridgehead atoms. The number of ether oxygens (including phenoxy) is 2. The lowest BCUT2D eigenvalue weighted by molar-refractivity contribution is 0.00384. The SMILES string of the molecule is CCOCC(C)OC(=O)c1ccn(-c2cccc(N)c2)n1. The maximum absolute atomic E-state index is 12.0. The summed E-state index contributed by atoms with van der Waals surface area (Å²) in [4.78, 5) is 12.0. The van der Waals surface area contributed by atoms with Gasteiger partial charge < -0.3 is 15.2 Å². The summed E-state index contributed by atoms with van der Waals surface area (Å²) in [5.74, 6) is -0.468. The molecular weight excluding hydrogens is 270 g/mol. The molecular formula is C15H19N3O3. The topological polar surface area (TPSA) is 79.4 Å². The number of benzene rings is 1. The molecule has 1 aromatic carbocycles. The number of nitrogen functional groups attached to an aromatic ring is 1. The Morgan fingerprint density at radius 2 is 2.24 bits per heavy atom. The second-order valence-electron chi connectivity index (χ2n) is 4.62. The third kappa shape index (κ3) is 4.06. The minimum absolute atomic E-state index is 0.251. The fourth-order valence-electron chi connectivity index (χ4n) is 1.80. The van der Waals surface area contributed by atoms with Crippen molar-refractivity contribution in [1.29, 1.82) is 0 Å². The van der Waals surface area contributed by atoms with Gasteiger partial charge in [0.25, 0.3) is 0 Å². The fourth-order valence-corrected chi connectivity index (χ4v) is 1.80. The second kappa shape index (κ2) is 6.90. The first-order valence-electron chi connectivity index (χ1n) is 6.80. The third-order valence-electron chi connectivity index (χ3n) is 2.80. The molecule has 0 aliphatic carbocycles. The van der Waals surface area contributed by atoms with Crippen molar-refractivity contribution in [3.05, 3.63) is 42.2 Å². The molecule has 0 aliphatic rings. The number of anilines is 1. The molecule has 2 aromatic rings. The summed E-state index contributed by atoms with van der Waals surface area (Å²) >= 11 is 0. The Bertz CT molecular complexity index is 610. The van der Waals surface area contributed by atoms with E-state index in [4.69, 9.17) is 15.2 Å². The van der Waals surface area contributed by atoms with Gasteiger partial charge in [-0.05, 0) is 38.1 Å². The monoisotopic (exact) mass is 289 g/mol. The van der Waals surface area contributed by atoms with Crippen molar-refractivity contribution in [3.8, 4) is 5.69 Å². The Kier molecular flexibility index (Phi) is 4.94. The molecule has 1 atom stereocenters. The van der Waals surface area contributed by atoms with Crippen molar-refractivity contribution in [2.45, 2.75) is 20.0 Å². The van der Waals surface area contributed by atoms with E-state index in [-0.39, 0.29) is 11.8 Å². The van der Waals surface area contributed by atoms with Crippen LogP contribution >= 0.6 is 0 Å². The van der Waals surface area contributed by atoms with Gasteiger partial charge in [0.05, 0.1) is 12.3 Å². The normalized spacial score (nSPS) is 12.1. The van der Waals surface area contributed by atoms with Gasteiger partial charge >= 0.3 is 5.97 Å². The standard InChI is InChI=1S/C15H19N3O3/c1-3-20-10-11(2)21-15(19)14-7-8-18(17-14)13-6-4-5-12(16)9-13/h4-9,11H,3,10,16H2,1-2H3. The molecule has 0 fully saturated rings. The predicted octanol–water partition coefficient (Wildman–Crippen LogP) is 2.04. The Balaban J connectivity index is 2.04. The van der Waals surface area contributed by atoms with E-state index >= 15 is 0 Å². The average Bonchev–Trinajstić information content (AvgIpc) is 2.95. The van der Waals surface area contributed by atoms with E-state index in [0.29, 0.717) is 18.9 Å². The highest BCUT2D eigenvalue weighted by Gasteiger charge is 2.15. The molecule has 2 N–H and O–H groups in total. The molecule has 1 heterocycles. The maximum atomic E-state index is 12.0. The first-order chi connectivity index (χ1) is 10.1. The summed E-state index contributed by atoms with van der Waals surface area (Å²) in [6.07, 6.45) is 1.38. The van der Waals surface area contributed by atoms with Crippen LogP contribution < -0.4 is 5.73 Å². The highest BCUT2D eigenvalue weighted by molar-refractivity contribution is 5.87. The quantitative estimate of drug-likeness (QED) is 0.650. The number of rotatable bonds is 6. The number of nitrogens with two attached hydrogens (primary N) is 1. The van der Waals surface area contributed by atoms with Gasteiger partial charge in [-0.25, -0.2) is 9.48 Å². The average molecular weight is 289 g/mol. The molecule has 0 saturated carbocycles. The smallest absolute Gasteiger partial charge is 0.359 e. The van der Waals surface area contributed by atoms with Crippen LogP contribution in [0.1, 0.15) is 24.3 Å². The van der Waals surface area contributed by atoms with E-state index in [0.717, 1.165) is 5.69 Å². The summed E-state index contributed by atoms with van der Waals surface area (Å²) in [5.41, 5.74) is 7.40. The minimum atomic E-state index is -0.468. The lowest BCUT2D eigenvalue weighted by atomic mass is 10.3. The molecule has 0 spiro atoms. The summed E-state index contributed by atoms with van der Waals surface area (Å²) < 4.78 is 12.0. The summed E-state index contributed by atoms with van der Waals surface area (Å²) in [6.45, 7) is 4.63. The molecule has 0 amide bonds. The number of hydrogen-bond donors (Lipinski definition) is 1. The van der Waals surface area contributed by atoms with Crippen LogP contribution in [-0.4, -0.2) is 35.1 Å². The van der Waals surface area contributed by atoms with Crippen LogP contribution in [-0.2, 0) is 9.47 Å². The molecule has 21 heavy (non-hydrogen) atoms. The Morgan fingerprint density at radius 3 is 2.95 bits per heavy atom. The van der Waals surface area contributed by atoms with Crippen LogP contribution in [0.2, 0.25) is 0 Å². The lowest BCUT2D eigenvalue weighted by Crippen LogP contribution is -2.20. The number of carbonyl (C=O) groups excluding carboxylic acids is 1. The molecule has 6 heteroatoms. The van der Waals surface area contributed by atoms with Gasteiger partial charge in [0.1, 0.15) is 6.10 Å². The van der Waals surface area contributed by atoms with Crippen molar-refractivity contribution in [2.75, 3.05) is 18.9 Å². The van der Waals surface area contributed by atoms with E-state index < -0.39 is 5.97 Å². The van der Waals surface area contributed by atoms with E-state index in [1.54, 1.807) is 36.0 Å². The molecule has 0 aliphatic heterocycles. The maximum Gasteiger partial charge on any atom is 0.359 e. The molecule has 1 aromatic heterocycles. The minimum Gasteiger partial charge on any atom is -0.455 e. The van der Waals surface area contributed by atoms with Crippen LogP contribution in [0.4, 0.5) is 5.69 Å². The Morgan fingerprint density at radius 1 is 1.43 bits per heavy atom. The van der Waals surface area contributed by atoms with Gasteiger partial charge in [0.15, 0.2) is 5.69 Å². The van der Waals surface area contributed by atoms with Crippen LogP contribution in [0, 0.1) is 0 Å². The van der Waals surface area contributed by atoms with Gasteiger partial charge in [0, 0.05) is 18.5 Å². The molecule has 1 unspecified atom stereocenters. The van der Waals surface area contributed by atoms with Crippen LogP contribution in [0.5, 0.6) is 0 Å².